The molecule has 1 aromatic carbocycles. The van der Waals surface area contributed by atoms with Gasteiger partial charge in [-0.2, -0.15) is 0 Å². The molecule has 25 heavy (non-hydrogen) atoms. The Kier molecular flexibility index (Phi) is 10.2. The summed E-state index contributed by atoms with van der Waals surface area (Å²) in [7, 11) is 1.43. The Bertz CT molecular complexity index is 623. The Labute approximate surface area is 159 Å². The number of allylic oxidation sites excluding steroid dienone is 5. The molecule has 0 aliphatic carbocycles. The standard InChI is InChI=1S/C22H30O2Se/c1-17(2)10-9-11-18(3)14-15-21(19(4)16-22(23)24-5)25-20-12-7-6-8-13-20/h6-8,10,12-14,16,21H,9,11,15H2,1-5H3/b18-14-,19-16-. The molecule has 0 saturated carbocycles. The van der Waals surface area contributed by atoms with Gasteiger partial charge in [-0.05, 0) is 0 Å². The molecule has 3 heteroatoms. The quantitative estimate of drug-likeness (QED) is 0.250. The second kappa shape index (κ2) is 11.9. The molecule has 0 N–H and O–H groups in total. The van der Waals surface area contributed by atoms with Crippen molar-refractivity contribution < 1.29 is 9.53 Å². The van der Waals surface area contributed by atoms with Gasteiger partial charge in [0.1, 0.15) is 0 Å². The summed E-state index contributed by atoms with van der Waals surface area (Å²) in [5.41, 5.74) is 3.89. The van der Waals surface area contributed by atoms with Crippen molar-refractivity contribution in [1.29, 1.82) is 0 Å². The molecular weight excluding hydrogens is 375 g/mol. The summed E-state index contributed by atoms with van der Waals surface area (Å²) in [5.74, 6) is -0.268. The number of methoxy groups -OCH3 is 1. The van der Waals surface area contributed by atoms with Crippen LogP contribution < -0.4 is 4.46 Å². The molecule has 1 rings (SSSR count). The van der Waals surface area contributed by atoms with Gasteiger partial charge in [-0.15, -0.1) is 0 Å². The number of ether oxygens (including phenoxy) is 1. The molecule has 0 bridgehead atoms. The minimum atomic E-state index is -0.268. The van der Waals surface area contributed by atoms with Gasteiger partial charge in [0, 0.05) is 0 Å². The number of benzene rings is 1. The van der Waals surface area contributed by atoms with Crippen molar-refractivity contribution in [1.82, 2.24) is 0 Å². The number of hydrogen-bond donors (Lipinski definition) is 0. The van der Waals surface area contributed by atoms with Gasteiger partial charge < -0.3 is 0 Å². The molecule has 0 aliphatic rings. The maximum absolute atomic E-state index is 11.6. The fourth-order valence-electron chi connectivity index (χ4n) is 2.33. The van der Waals surface area contributed by atoms with Crippen LogP contribution in [0.15, 0.2) is 65.3 Å². The van der Waals surface area contributed by atoms with Gasteiger partial charge in [0.25, 0.3) is 0 Å². The molecule has 0 fully saturated rings. The number of rotatable bonds is 9. The monoisotopic (exact) mass is 406 g/mol. The van der Waals surface area contributed by atoms with Crippen LogP contribution in [0.5, 0.6) is 0 Å². The molecule has 0 amide bonds. The molecule has 136 valence electrons. The predicted molar refractivity (Wildman–Crippen MR) is 108 cm³/mol. The van der Waals surface area contributed by atoms with E-state index in [4.69, 9.17) is 4.74 Å². The van der Waals surface area contributed by atoms with Gasteiger partial charge >= 0.3 is 159 Å². The second-order valence-corrected chi connectivity index (χ2v) is 9.11. The van der Waals surface area contributed by atoms with Crippen LogP contribution in [0.25, 0.3) is 0 Å². The van der Waals surface area contributed by atoms with Crippen molar-refractivity contribution in [2.24, 2.45) is 0 Å². The van der Waals surface area contributed by atoms with Crippen molar-refractivity contribution in [3.8, 4) is 0 Å². The van der Waals surface area contributed by atoms with Gasteiger partial charge in [-0.3, -0.25) is 0 Å². The zero-order valence-corrected chi connectivity index (χ0v) is 17.8. The fraction of sp³-hybridized carbons (Fsp3) is 0.409. The van der Waals surface area contributed by atoms with Crippen LogP contribution in [-0.4, -0.2) is 28.0 Å². The van der Waals surface area contributed by atoms with Crippen molar-refractivity contribution in [3.63, 3.8) is 0 Å². The van der Waals surface area contributed by atoms with Crippen LogP contribution in [0.4, 0.5) is 0 Å². The van der Waals surface area contributed by atoms with Crippen molar-refractivity contribution in [3.05, 3.63) is 65.3 Å². The Morgan fingerprint density at radius 1 is 1.12 bits per heavy atom. The minimum absolute atomic E-state index is 0.268. The maximum atomic E-state index is 11.6. The first kappa shape index (κ1) is 21.5. The van der Waals surface area contributed by atoms with Gasteiger partial charge in [0.15, 0.2) is 0 Å². The molecule has 0 spiro atoms. The average molecular weight is 405 g/mol. The third-order valence-electron chi connectivity index (χ3n) is 3.85. The van der Waals surface area contributed by atoms with Gasteiger partial charge in [0.05, 0.1) is 0 Å². The Balaban J connectivity index is 2.81. The topological polar surface area (TPSA) is 26.3 Å². The van der Waals surface area contributed by atoms with E-state index in [2.05, 4.69) is 57.2 Å². The van der Waals surface area contributed by atoms with Crippen LogP contribution in [-0.2, 0) is 9.53 Å². The molecule has 2 nitrogen and oxygen atoms in total. The average Bonchev–Trinajstić information content (AvgIpc) is 2.58. The number of carbonyl (C=O) groups is 1. The normalized spacial score (nSPS) is 13.3. The Morgan fingerprint density at radius 2 is 1.80 bits per heavy atom. The number of esters is 1. The van der Waals surface area contributed by atoms with E-state index in [1.165, 1.54) is 22.7 Å². The van der Waals surface area contributed by atoms with E-state index in [0.717, 1.165) is 24.8 Å². The first-order valence-electron chi connectivity index (χ1n) is 8.69. The number of carbonyl (C=O) groups excluding carboxylic acids is 1. The summed E-state index contributed by atoms with van der Waals surface area (Å²) in [6.45, 7) is 8.51. The Morgan fingerprint density at radius 3 is 2.40 bits per heavy atom. The van der Waals surface area contributed by atoms with E-state index in [0.29, 0.717) is 4.82 Å². The van der Waals surface area contributed by atoms with E-state index in [9.17, 15) is 4.79 Å². The van der Waals surface area contributed by atoms with Crippen molar-refractivity contribution >= 4 is 25.4 Å². The fourth-order valence-corrected chi connectivity index (χ4v) is 4.61. The third kappa shape index (κ3) is 9.48. The summed E-state index contributed by atoms with van der Waals surface area (Å²) in [6.07, 6.45) is 9.41. The summed E-state index contributed by atoms with van der Waals surface area (Å²) in [6, 6.07) is 10.5. The van der Waals surface area contributed by atoms with E-state index in [1.807, 2.05) is 13.0 Å². The van der Waals surface area contributed by atoms with E-state index >= 15 is 0 Å². The summed E-state index contributed by atoms with van der Waals surface area (Å²) < 4.78 is 6.15. The molecule has 0 heterocycles. The zero-order valence-electron chi connectivity index (χ0n) is 16.0. The molecule has 1 unspecified atom stereocenters. The first-order valence-corrected chi connectivity index (χ1v) is 10.5. The van der Waals surface area contributed by atoms with Gasteiger partial charge in [-0.25, -0.2) is 0 Å². The van der Waals surface area contributed by atoms with Crippen LogP contribution in [0.1, 0.15) is 47.0 Å². The summed E-state index contributed by atoms with van der Waals surface area (Å²) in [5, 5.41) is 0. The Hall–Kier alpha value is -1.57. The molecule has 1 atom stereocenters. The summed E-state index contributed by atoms with van der Waals surface area (Å²) >= 11 is 0.284. The second-order valence-electron chi connectivity index (χ2n) is 6.44. The van der Waals surface area contributed by atoms with Crippen LogP contribution in [0.3, 0.4) is 0 Å². The predicted octanol–water partition coefficient (Wildman–Crippen LogP) is 5.01. The van der Waals surface area contributed by atoms with Gasteiger partial charge in [-0.1, -0.05) is 0 Å². The number of hydrogen-bond acceptors (Lipinski definition) is 2. The molecule has 0 saturated heterocycles. The molecule has 0 radical (unpaired) electrons. The first-order chi connectivity index (χ1) is 11.9. The van der Waals surface area contributed by atoms with E-state index < -0.39 is 0 Å². The van der Waals surface area contributed by atoms with Crippen LogP contribution in [0.2, 0.25) is 4.82 Å². The molecule has 1 aromatic rings. The molecule has 0 aliphatic heterocycles. The third-order valence-corrected chi connectivity index (χ3v) is 6.77. The van der Waals surface area contributed by atoms with Crippen LogP contribution in [0, 0.1) is 0 Å². The van der Waals surface area contributed by atoms with E-state index in [1.54, 1.807) is 6.08 Å². The SMILES string of the molecule is COC(=O)/C=C(/C)C(C/C=C(/C)CCC=C(C)C)[Se]c1ccccc1. The molecule has 0 aromatic heterocycles. The molecular formula is C22H30O2Se. The summed E-state index contributed by atoms with van der Waals surface area (Å²) in [4.78, 5) is 12.0. The van der Waals surface area contributed by atoms with Crippen LogP contribution >= 0.6 is 0 Å². The van der Waals surface area contributed by atoms with Crippen molar-refractivity contribution in [2.45, 2.75) is 51.8 Å². The van der Waals surface area contributed by atoms with E-state index in [-0.39, 0.29) is 20.9 Å². The zero-order chi connectivity index (χ0) is 18.7. The van der Waals surface area contributed by atoms with Gasteiger partial charge in [0.2, 0.25) is 0 Å². The van der Waals surface area contributed by atoms with Crippen molar-refractivity contribution in [2.75, 3.05) is 7.11 Å².